The first-order valence-electron chi connectivity index (χ1n) is 6.02. The summed E-state index contributed by atoms with van der Waals surface area (Å²) >= 11 is 0. The molecule has 0 radical (unpaired) electrons. The number of ether oxygens (including phenoxy) is 2. The molecule has 0 saturated heterocycles. The zero-order valence-electron chi connectivity index (χ0n) is 11.6. The van der Waals surface area contributed by atoms with Gasteiger partial charge in [-0.15, -0.1) is 0 Å². The molecular weight excluding hydrogens is 246 g/mol. The van der Waals surface area contributed by atoms with Gasteiger partial charge in [0, 0.05) is 5.92 Å². The number of carbonyl (C=O) groups is 2. The Hall–Kier alpha value is -2.04. The molecule has 19 heavy (non-hydrogen) atoms. The van der Waals surface area contributed by atoms with Crippen molar-refractivity contribution in [2.24, 2.45) is 5.92 Å². The Labute approximate surface area is 112 Å². The van der Waals surface area contributed by atoms with Gasteiger partial charge in [-0.05, 0) is 18.2 Å². The molecule has 104 valence electrons. The van der Waals surface area contributed by atoms with Crippen molar-refractivity contribution < 1.29 is 19.1 Å². The van der Waals surface area contributed by atoms with E-state index in [1.807, 2.05) is 0 Å². The first-order chi connectivity index (χ1) is 8.99. The third kappa shape index (κ3) is 3.98. The molecule has 1 rings (SSSR count). The predicted octanol–water partition coefficient (Wildman–Crippen LogP) is 1.66. The van der Waals surface area contributed by atoms with Crippen LogP contribution >= 0.6 is 0 Å². The monoisotopic (exact) mass is 265 g/mol. The molecule has 0 aliphatic rings. The van der Waals surface area contributed by atoms with Crippen molar-refractivity contribution >= 4 is 11.7 Å². The summed E-state index contributed by atoms with van der Waals surface area (Å²) in [6.07, 6.45) is 0. The normalized spacial score (nSPS) is 10.2. The van der Waals surface area contributed by atoms with Crippen LogP contribution in [0.3, 0.4) is 0 Å². The van der Waals surface area contributed by atoms with Crippen molar-refractivity contribution in [1.29, 1.82) is 0 Å². The number of methoxy groups -OCH3 is 2. The highest BCUT2D eigenvalue weighted by Crippen LogP contribution is 2.23. The van der Waals surface area contributed by atoms with Gasteiger partial charge in [0.25, 0.3) is 5.91 Å². The lowest BCUT2D eigenvalue weighted by Gasteiger charge is -2.11. The predicted molar refractivity (Wildman–Crippen MR) is 71.7 cm³/mol. The average molecular weight is 265 g/mol. The fourth-order valence-corrected chi connectivity index (χ4v) is 1.46. The zero-order valence-corrected chi connectivity index (χ0v) is 11.6. The Morgan fingerprint density at radius 2 is 1.89 bits per heavy atom. The van der Waals surface area contributed by atoms with Crippen molar-refractivity contribution in [1.82, 2.24) is 5.32 Å². The molecule has 0 saturated carbocycles. The van der Waals surface area contributed by atoms with Crippen molar-refractivity contribution in [3.63, 3.8) is 0 Å². The number of rotatable bonds is 6. The Morgan fingerprint density at radius 1 is 1.21 bits per heavy atom. The Bertz CT molecular complexity index is 469. The Morgan fingerprint density at radius 3 is 2.42 bits per heavy atom. The van der Waals surface area contributed by atoms with E-state index in [0.29, 0.717) is 17.1 Å². The maximum absolute atomic E-state index is 12.0. The number of hydrogen-bond donors (Lipinski definition) is 1. The third-order valence-electron chi connectivity index (χ3n) is 2.72. The van der Waals surface area contributed by atoms with Gasteiger partial charge in [-0.3, -0.25) is 9.59 Å². The van der Waals surface area contributed by atoms with E-state index < -0.39 is 0 Å². The second-order valence-electron chi connectivity index (χ2n) is 4.37. The van der Waals surface area contributed by atoms with Crippen LogP contribution in [-0.2, 0) is 4.79 Å². The fourth-order valence-electron chi connectivity index (χ4n) is 1.46. The van der Waals surface area contributed by atoms with E-state index in [2.05, 4.69) is 5.32 Å². The van der Waals surface area contributed by atoms with E-state index in [4.69, 9.17) is 9.47 Å². The highest BCUT2D eigenvalue weighted by Gasteiger charge is 2.15. The lowest BCUT2D eigenvalue weighted by Crippen LogP contribution is -2.31. The van der Waals surface area contributed by atoms with Gasteiger partial charge >= 0.3 is 0 Å². The van der Waals surface area contributed by atoms with Gasteiger partial charge in [-0.1, -0.05) is 13.8 Å². The Balaban J connectivity index is 2.83. The summed E-state index contributed by atoms with van der Waals surface area (Å²) in [7, 11) is 3.00. The second-order valence-corrected chi connectivity index (χ2v) is 4.37. The SMILES string of the molecule is COc1ccc(OC)c(C(=O)NCC(=O)C(C)C)c1. The van der Waals surface area contributed by atoms with Crippen LogP contribution in [0.4, 0.5) is 0 Å². The standard InChI is InChI=1S/C14H19NO4/c1-9(2)12(16)8-15-14(17)11-7-10(18-3)5-6-13(11)19-4/h5-7,9H,8H2,1-4H3,(H,15,17). The summed E-state index contributed by atoms with van der Waals surface area (Å²) in [5.41, 5.74) is 0.346. The van der Waals surface area contributed by atoms with Gasteiger partial charge in [0.2, 0.25) is 0 Å². The van der Waals surface area contributed by atoms with Gasteiger partial charge in [-0.2, -0.15) is 0 Å². The van der Waals surface area contributed by atoms with Gasteiger partial charge in [0.1, 0.15) is 11.5 Å². The van der Waals surface area contributed by atoms with Crippen LogP contribution in [0.5, 0.6) is 11.5 Å². The molecule has 0 spiro atoms. The van der Waals surface area contributed by atoms with Crippen molar-refractivity contribution in [3.8, 4) is 11.5 Å². The van der Waals surface area contributed by atoms with Crippen molar-refractivity contribution in [2.45, 2.75) is 13.8 Å². The highest BCUT2D eigenvalue weighted by molar-refractivity contribution is 5.99. The summed E-state index contributed by atoms with van der Waals surface area (Å²) in [6, 6.07) is 4.93. The molecule has 0 atom stereocenters. The van der Waals surface area contributed by atoms with E-state index in [1.165, 1.54) is 14.2 Å². The molecule has 5 nitrogen and oxygen atoms in total. The molecule has 0 aliphatic carbocycles. The maximum atomic E-state index is 12.0. The van der Waals surface area contributed by atoms with Crippen LogP contribution in [0.15, 0.2) is 18.2 Å². The molecule has 1 N–H and O–H groups in total. The molecule has 5 heteroatoms. The van der Waals surface area contributed by atoms with Crippen LogP contribution in [0.1, 0.15) is 24.2 Å². The first-order valence-corrected chi connectivity index (χ1v) is 6.02. The summed E-state index contributed by atoms with van der Waals surface area (Å²) in [5.74, 6) is 0.518. The van der Waals surface area contributed by atoms with E-state index in [0.717, 1.165) is 0 Å². The zero-order chi connectivity index (χ0) is 14.4. The van der Waals surface area contributed by atoms with Crippen molar-refractivity contribution in [3.05, 3.63) is 23.8 Å². The average Bonchev–Trinajstić information content (AvgIpc) is 2.43. The lowest BCUT2D eigenvalue weighted by molar-refractivity contribution is -0.120. The summed E-state index contributed by atoms with van der Waals surface area (Å²) in [6.45, 7) is 3.60. The first kappa shape index (κ1) is 15.0. The number of benzene rings is 1. The smallest absolute Gasteiger partial charge is 0.255 e. The molecule has 0 aliphatic heterocycles. The number of nitrogens with one attached hydrogen (secondary N) is 1. The molecule has 0 aromatic heterocycles. The maximum Gasteiger partial charge on any atom is 0.255 e. The van der Waals surface area contributed by atoms with Crippen LogP contribution < -0.4 is 14.8 Å². The van der Waals surface area contributed by atoms with E-state index in [1.54, 1.807) is 32.0 Å². The third-order valence-corrected chi connectivity index (χ3v) is 2.72. The summed E-state index contributed by atoms with van der Waals surface area (Å²) in [5, 5.41) is 2.58. The molecular formula is C14H19NO4. The van der Waals surface area contributed by atoms with E-state index in [-0.39, 0.29) is 24.2 Å². The topological polar surface area (TPSA) is 64.6 Å². The molecule has 1 aromatic rings. The molecule has 1 aromatic carbocycles. The van der Waals surface area contributed by atoms with E-state index >= 15 is 0 Å². The summed E-state index contributed by atoms with van der Waals surface area (Å²) in [4.78, 5) is 23.5. The number of carbonyl (C=O) groups excluding carboxylic acids is 2. The largest absolute Gasteiger partial charge is 0.497 e. The number of Topliss-reactive ketones (excluding diaryl/α,β-unsaturated/α-hetero) is 1. The fraction of sp³-hybridized carbons (Fsp3) is 0.429. The van der Waals surface area contributed by atoms with Crippen LogP contribution in [0, 0.1) is 5.92 Å². The number of ketones is 1. The minimum atomic E-state index is -0.357. The quantitative estimate of drug-likeness (QED) is 0.849. The second kappa shape index (κ2) is 6.78. The minimum Gasteiger partial charge on any atom is -0.497 e. The van der Waals surface area contributed by atoms with Crippen LogP contribution in [0.25, 0.3) is 0 Å². The molecule has 1 amide bonds. The molecule has 0 unspecified atom stereocenters. The van der Waals surface area contributed by atoms with Gasteiger partial charge < -0.3 is 14.8 Å². The lowest BCUT2D eigenvalue weighted by atomic mass is 10.1. The minimum absolute atomic E-state index is 0.0108. The van der Waals surface area contributed by atoms with E-state index in [9.17, 15) is 9.59 Å². The summed E-state index contributed by atoms with van der Waals surface area (Å²) < 4.78 is 10.2. The highest BCUT2D eigenvalue weighted by atomic mass is 16.5. The van der Waals surface area contributed by atoms with Crippen molar-refractivity contribution in [2.75, 3.05) is 20.8 Å². The van der Waals surface area contributed by atoms with Crippen LogP contribution in [-0.4, -0.2) is 32.5 Å². The molecule has 0 heterocycles. The van der Waals surface area contributed by atoms with Gasteiger partial charge in [0.15, 0.2) is 5.78 Å². The Kier molecular flexibility index (Phi) is 5.36. The molecule has 0 bridgehead atoms. The molecule has 0 fully saturated rings. The van der Waals surface area contributed by atoms with Crippen LogP contribution in [0.2, 0.25) is 0 Å². The van der Waals surface area contributed by atoms with Gasteiger partial charge in [-0.25, -0.2) is 0 Å². The van der Waals surface area contributed by atoms with Gasteiger partial charge in [0.05, 0.1) is 26.3 Å². The number of hydrogen-bond acceptors (Lipinski definition) is 4. The number of amides is 1.